The van der Waals surface area contributed by atoms with Crippen molar-refractivity contribution in [1.29, 1.82) is 0 Å². The average Bonchev–Trinajstić information content (AvgIpc) is 2.53. The van der Waals surface area contributed by atoms with E-state index in [0.29, 0.717) is 11.3 Å². The quantitative estimate of drug-likeness (QED) is 0.937. The Hall–Kier alpha value is -2.62. The normalized spacial score (nSPS) is 10.2. The molecule has 0 bridgehead atoms. The van der Waals surface area contributed by atoms with Crippen LogP contribution in [0.15, 0.2) is 48.5 Å². The first kappa shape index (κ1) is 14.8. The number of aromatic carboxylic acids is 1. The fourth-order valence-corrected chi connectivity index (χ4v) is 2.16. The number of carboxylic acids is 1. The Labute approximate surface area is 123 Å². The maximum Gasteiger partial charge on any atom is 0.335 e. The molecule has 0 aliphatic carbocycles. The summed E-state index contributed by atoms with van der Waals surface area (Å²) >= 11 is 0. The third-order valence-electron chi connectivity index (χ3n) is 3.43. The van der Waals surface area contributed by atoms with E-state index in [1.165, 1.54) is 17.0 Å². The molecule has 0 spiro atoms. The molecule has 1 N–H and O–H groups in total. The Morgan fingerprint density at radius 3 is 2.24 bits per heavy atom. The molecule has 0 aromatic heterocycles. The Kier molecular flexibility index (Phi) is 4.38. The van der Waals surface area contributed by atoms with Gasteiger partial charge in [0, 0.05) is 18.3 Å². The second-order valence-electron chi connectivity index (χ2n) is 4.73. The molecule has 1 amide bonds. The Morgan fingerprint density at radius 2 is 1.67 bits per heavy atom. The molecule has 0 radical (unpaired) electrons. The average molecular weight is 283 g/mol. The lowest BCUT2D eigenvalue weighted by Gasteiger charge is -2.19. The highest BCUT2D eigenvalue weighted by molar-refractivity contribution is 6.06. The summed E-state index contributed by atoms with van der Waals surface area (Å²) in [6, 6.07) is 13.8. The lowest BCUT2D eigenvalue weighted by Crippen LogP contribution is -2.27. The molecule has 0 aliphatic rings. The van der Waals surface area contributed by atoms with Crippen molar-refractivity contribution in [2.24, 2.45) is 0 Å². The molecule has 2 rings (SSSR count). The van der Waals surface area contributed by atoms with Crippen LogP contribution < -0.4 is 4.90 Å². The van der Waals surface area contributed by atoms with Crippen molar-refractivity contribution in [3.05, 3.63) is 65.2 Å². The van der Waals surface area contributed by atoms with Gasteiger partial charge in [-0.3, -0.25) is 4.79 Å². The Bertz CT molecular complexity index is 662. The molecule has 0 saturated carbocycles. The van der Waals surface area contributed by atoms with E-state index in [9.17, 15) is 9.59 Å². The van der Waals surface area contributed by atoms with Gasteiger partial charge in [0.25, 0.3) is 5.91 Å². The lowest BCUT2D eigenvalue weighted by molar-refractivity contribution is 0.0696. The third-order valence-corrected chi connectivity index (χ3v) is 3.43. The molecular formula is C17H17NO3. The van der Waals surface area contributed by atoms with E-state index in [1.807, 2.05) is 31.2 Å². The number of carbonyl (C=O) groups excluding carboxylic acids is 1. The highest BCUT2D eigenvalue weighted by atomic mass is 16.4. The smallest absolute Gasteiger partial charge is 0.335 e. The molecule has 0 saturated heterocycles. The summed E-state index contributed by atoms with van der Waals surface area (Å²) in [5, 5.41) is 8.89. The predicted molar refractivity (Wildman–Crippen MR) is 82.0 cm³/mol. The highest BCUT2D eigenvalue weighted by Crippen LogP contribution is 2.19. The molecule has 2 aromatic carbocycles. The van der Waals surface area contributed by atoms with Gasteiger partial charge in [0.2, 0.25) is 0 Å². The highest BCUT2D eigenvalue weighted by Gasteiger charge is 2.16. The minimum absolute atomic E-state index is 0.101. The Morgan fingerprint density at radius 1 is 1.05 bits per heavy atom. The summed E-state index contributed by atoms with van der Waals surface area (Å²) in [4.78, 5) is 24.9. The van der Waals surface area contributed by atoms with Crippen LogP contribution in [0.3, 0.4) is 0 Å². The van der Waals surface area contributed by atoms with Gasteiger partial charge in [0.1, 0.15) is 0 Å². The SMILES string of the molecule is CCc1ccccc1C(=O)N(C)c1ccc(C(=O)O)cc1. The van der Waals surface area contributed by atoms with Crippen LogP contribution in [0, 0.1) is 0 Å². The largest absolute Gasteiger partial charge is 0.478 e. The molecule has 4 heteroatoms. The van der Waals surface area contributed by atoms with Crippen molar-refractivity contribution in [3.8, 4) is 0 Å². The van der Waals surface area contributed by atoms with Crippen molar-refractivity contribution in [1.82, 2.24) is 0 Å². The van der Waals surface area contributed by atoms with Gasteiger partial charge >= 0.3 is 5.97 Å². The lowest BCUT2D eigenvalue weighted by atomic mass is 10.0. The number of hydrogen-bond acceptors (Lipinski definition) is 2. The van der Waals surface area contributed by atoms with Crippen molar-refractivity contribution in [2.45, 2.75) is 13.3 Å². The number of benzene rings is 2. The molecule has 21 heavy (non-hydrogen) atoms. The van der Waals surface area contributed by atoms with E-state index in [1.54, 1.807) is 19.2 Å². The van der Waals surface area contributed by atoms with E-state index in [4.69, 9.17) is 5.11 Å². The number of hydrogen-bond donors (Lipinski definition) is 1. The van der Waals surface area contributed by atoms with Gasteiger partial charge in [0.05, 0.1) is 5.56 Å². The first-order valence-electron chi connectivity index (χ1n) is 6.74. The zero-order valence-electron chi connectivity index (χ0n) is 12.0. The molecule has 0 atom stereocenters. The second-order valence-corrected chi connectivity index (χ2v) is 4.73. The summed E-state index contributed by atoms with van der Waals surface area (Å²) in [5.41, 5.74) is 2.53. The first-order valence-corrected chi connectivity index (χ1v) is 6.74. The first-order chi connectivity index (χ1) is 10.0. The van der Waals surface area contributed by atoms with Crippen molar-refractivity contribution in [3.63, 3.8) is 0 Å². The number of rotatable bonds is 4. The Balaban J connectivity index is 2.28. The van der Waals surface area contributed by atoms with Crippen molar-refractivity contribution >= 4 is 17.6 Å². The standard InChI is InChI=1S/C17H17NO3/c1-3-12-6-4-5-7-15(12)16(19)18(2)14-10-8-13(9-11-14)17(20)21/h4-11H,3H2,1-2H3,(H,20,21). The van der Waals surface area contributed by atoms with Gasteiger partial charge in [-0.25, -0.2) is 4.79 Å². The number of nitrogens with zero attached hydrogens (tertiary/aromatic N) is 1. The van der Waals surface area contributed by atoms with Gasteiger partial charge in [-0.15, -0.1) is 0 Å². The van der Waals surface area contributed by atoms with Crippen LogP contribution in [0.25, 0.3) is 0 Å². The minimum atomic E-state index is -0.980. The van der Waals surface area contributed by atoms with Crippen LogP contribution >= 0.6 is 0 Å². The van der Waals surface area contributed by atoms with E-state index in [2.05, 4.69) is 0 Å². The molecule has 2 aromatic rings. The fourth-order valence-electron chi connectivity index (χ4n) is 2.16. The van der Waals surface area contributed by atoms with Gasteiger partial charge in [0.15, 0.2) is 0 Å². The van der Waals surface area contributed by atoms with Crippen LogP contribution in [0.5, 0.6) is 0 Å². The maximum absolute atomic E-state index is 12.6. The molecule has 0 unspecified atom stereocenters. The predicted octanol–water partition coefficient (Wildman–Crippen LogP) is 3.22. The van der Waals surface area contributed by atoms with Gasteiger partial charge in [-0.1, -0.05) is 25.1 Å². The van der Waals surface area contributed by atoms with Gasteiger partial charge in [-0.05, 0) is 42.3 Å². The summed E-state index contributed by atoms with van der Waals surface area (Å²) in [5.74, 6) is -1.08. The number of carboxylic acid groups (broad SMARTS) is 1. The molecule has 4 nitrogen and oxygen atoms in total. The number of amides is 1. The van der Waals surface area contributed by atoms with Crippen LogP contribution in [-0.2, 0) is 6.42 Å². The fraction of sp³-hybridized carbons (Fsp3) is 0.176. The maximum atomic E-state index is 12.6. The van der Waals surface area contributed by atoms with Crippen molar-refractivity contribution < 1.29 is 14.7 Å². The minimum Gasteiger partial charge on any atom is -0.478 e. The monoisotopic (exact) mass is 283 g/mol. The van der Waals surface area contributed by atoms with Gasteiger partial charge < -0.3 is 10.0 Å². The third kappa shape index (κ3) is 3.11. The van der Waals surface area contributed by atoms with E-state index in [-0.39, 0.29) is 11.5 Å². The zero-order valence-corrected chi connectivity index (χ0v) is 12.0. The summed E-state index contributed by atoms with van der Waals surface area (Å²) in [6.45, 7) is 2.01. The summed E-state index contributed by atoms with van der Waals surface area (Å²) < 4.78 is 0. The van der Waals surface area contributed by atoms with Crippen LogP contribution in [-0.4, -0.2) is 24.0 Å². The van der Waals surface area contributed by atoms with E-state index < -0.39 is 5.97 Å². The number of carbonyl (C=O) groups is 2. The van der Waals surface area contributed by atoms with Crippen LogP contribution in [0.1, 0.15) is 33.2 Å². The molecular weight excluding hydrogens is 266 g/mol. The molecule has 108 valence electrons. The molecule has 0 aliphatic heterocycles. The van der Waals surface area contributed by atoms with Gasteiger partial charge in [-0.2, -0.15) is 0 Å². The number of anilines is 1. The zero-order chi connectivity index (χ0) is 15.4. The molecule has 0 heterocycles. The van der Waals surface area contributed by atoms with Crippen LogP contribution in [0.2, 0.25) is 0 Å². The van der Waals surface area contributed by atoms with E-state index >= 15 is 0 Å². The topological polar surface area (TPSA) is 57.6 Å². The van der Waals surface area contributed by atoms with Crippen molar-refractivity contribution in [2.75, 3.05) is 11.9 Å². The number of aryl methyl sites for hydroxylation is 1. The molecule has 0 fully saturated rings. The van der Waals surface area contributed by atoms with Crippen LogP contribution in [0.4, 0.5) is 5.69 Å². The van der Waals surface area contributed by atoms with E-state index in [0.717, 1.165) is 12.0 Å². The summed E-state index contributed by atoms with van der Waals surface area (Å²) in [6.07, 6.45) is 0.785. The second kappa shape index (κ2) is 6.22. The summed E-state index contributed by atoms with van der Waals surface area (Å²) in [7, 11) is 1.69.